The van der Waals surface area contributed by atoms with Gasteiger partial charge in [0.05, 0.1) is 19.3 Å². The van der Waals surface area contributed by atoms with E-state index in [1.165, 1.54) is 0 Å². The third-order valence-electron chi connectivity index (χ3n) is 3.38. The molecule has 3 nitrogen and oxygen atoms in total. The van der Waals surface area contributed by atoms with Gasteiger partial charge in [0.2, 0.25) is 0 Å². The average molecular weight is 237 g/mol. The second-order valence-corrected chi connectivity index (χ2v) is 4.54. The van der Waals surface area contributed by atoms with Crippen LogP contribution in [0.4, 0.5) is 0 Å². The fraction of sp³-hybridized carbons (Fsp3) is 0.200. The fourth-order valence-electron chi connectivity index (χ4n) is 2.23. The van der Waals surface area contributed by atoms with Crippen molar-refractivity contribution in [3.05, 3.63) is 48.0 Å². The summed E-state index contributed by atoms with van der Waals surface area (Å²) < 4.78 is 5.04. The molecule has 3 heteroatoms. The molecule has 1 aliphatic heterocycles. The maximum absolute atomic E-state index is 12.5. The minimum Gasteiger partial charge on any atom is -0.377 e. The molecule has 88 valence electrons. The predicted octanol–water partition coefficient (Wildman–Crippen LogP) is 2.56. The lowest BCUT2D eigenvalue weighted by Gasteiger charge is -2.33. The first kappa shape index (κ1) is 10.9. The molecular formula is C15H11NO2. The van der Waals surface area contributed by atoms with Gasteiger partial charge in [-0.3, -0.25) is 4.79 Å². The highest BCUT2D eigenvalue weighted by molar-refractivity contribution is 6.12. The highest BCUT2D eigenvalue weighted by Crippen LogP contribution is 2.33. The van der Waals surface area contributed by atoms with Crippen molar-refractivity contribution in [2.75, 3.05) is 13.2 Å². The van der Waals surface area contributed by atoms with E-state index in [1.54, 1.807) is 6.07 Å². The molecule has 3 rings (SSSR count). The van der Waals surface area contributed by atoms with Crippen LogP contribution >= 0.6 is 0 Å². The largest absolute Gasteiger partial charge is 0.377 e. The Bertz CT molecular complexity index is 660. The number of ketones is 1. The van der Waals surface area contributed by atoms with Gasteiger partial charge in [-0.25, -0.2) is 0 Å². The highest BCUT2D eigenvalue weighted by atomic mass is 16.5. The lowest BCUT2D eigenvalue weighted by atomic mass is 9.79. The van der Waals surface area contributed by atoms with Crippen molar-refractivity contribution in [1.29, 1.82) is 5.26 Å². The van der Waals surface area contributed by atoms with Gasteiger partial charge in [0.15, 0.2) is 11.2 Å². The van der Waals surface area contributed by atoms with Crippen LogP contribution < -0.4 is 0 Å². The third-order valence-corrected chi connectivity index (χ3v) is 3.38. The van der Waals surface area contributed by atoms with Crippen molar-refractivity contribution < 1.29 is 9.53 Å². The number of carbonyl (C=O) groups excluding carboxylic acids is 1. The summed E-state index contributed by atoms with van der Waals surface area (Å²) in [4.78, 5) is 12.5. The van der Waals surface area contributed by atoms with Crippen LogP contribution in [0, 0.1) is 16.7 Å². The molecule has 1 heterocycles. The summed E-state index contributed by atoms with van der Waals surface area (Å²) in [5, 5.41) is 11.1. The van der Waals surface area contributed by atoms with Gasteiger partial charge in [0, 0.05) is 5.56 Å². The van der Waals surface area contributed by atoms with E-state index in [0.29, 0.717) is 5.56 Å². The third kappa shape index (κ3) is 1.43. The Balaban J connectivity index is 2.16. The molecule has 0 atom stereocenters. The molecule has 0 spiro atoms. The zero-order valence-corrected chi connectivity index (χ0v) is 9.72. The maximum atomic E-state index is 12.5. The van der Waals surface area contributed by atoms with Gasteiger partial charge in [-0.15, -0.1) is 0 Å². The molecule has 0 aromatic heterocycles. The van der Waals surface area contributed by atoms with Crippen LogP contribution in [0.1, 0.15) is 10.4 Å². The molecule has 0 radical (unpaired) electrons. The normalized spacial score (nSPS) is 16.8. The number of Topliss-reactive ketones (excluding diaryl/α,β-unsaturated/α-hetero) is 1. The zero-order valence-electron chi connectivity index (χ0n) is 9.72. The number of hydrogen-bond donors (Lipinski definition) is 0. The van der Waals surface area contributed by atoms with Crippen LogP contribution in [-0.2, 0) is 4.74 Å². The van der Waals surface area contributed by atoms with E-state index in [-0.39, 0.29) is 19.0 Å². The van der Waals surface area contributed by atoms with Crippen molar-refractivity contribution in [3.63, 3.8) is 0 Å². The molecule has 1 saturated heterocycles. The van der Waals surface area contributed by atoms with Crippen molar-refractivity contribution in [2.24, 2.45) is 5.41 Å². The molecule has 1 fully saturated rings. The van der Waals surface area contributed by atoms with E-state index in [1.807, 2.05) is 36.4 Å². The quantitative estimate of drug-likeness (QED) is 0.754. The summed E-state index contributed by atoms with van der Waals surface area (Å²) in [5.74, 6) is -0.131. The van der Waals surface area contributed by atoms with Gasteiger partial charge in [0.1, 0.15) is 0 Å². The maximum Gasteiger partial charge on any atom is 0.188 e. The molecule has 0 bridgehead atoms. The fourth-order valence-corrected chi connectivity index (χ4v) is 2.23. The minimum atomic E-state index is -0.982. The van der Waals surface area contributed by atoms with Gasteiger partial charge >= 0.3 is 0 Å². The average Bonchev–Trinajstić information content (AvgIpc) is 2.37. The number of ether oxygens (including phenoxy) is 1. The van der Waals surface area contributed by atoms with Crippen LogP contribution in [0.25, 0.3) is 10.8 Å². The Morgan fingerprint density at radius 2 is 1.89 bits per heavy atom. The Morgan fingerprint density at radius 3 is 2.56 bits per heavy atom. The van der Waals surface area contributed by atoms with Crippen molar-refractivity contribution in [2.45, 2.75) is 0 Å². The smallest absolute Gasteiger partial charge is 0.188 e. The highest BCUT2D eigenvalue weighted by Gasteiger charge is 2.47. The Hall–Kier alpha value is -2.18. The molecule has 2 aromatic carbocycles. The molecule has 0 amide bonds. The van der Waals surface area contributed by atoms with Crippen LogP contribution in [0.5, 0.6) is 0 Å². The molecule has 0 N–H and O–H groups in total. The standard InChI is InChI=1S/C15H11NO2/c16-8-15(9-18-10-15)14(17)13-7-3-5-11-4-1-2-6-12(11)13/h1-7H,9-10H2. The number of nitriles is 1. The Labute approximate surface area is 105 Å². The summed E-state index contributed by atoms with van der Waals surface area (Å²) in [6, 6.07) is 15.4. The van der Waals surface area contributed by atoms with Crippen molar-refractivity contribution in [1.82, 2.24) is 0 Å². The van der Waals surface area contributed by atoms with E-state index in [4.69, 9.17) is 4.74 Å². The summed E-state index contributed by atoms with van der Waals surface area (Å²) in [6.07, 6.45) is 0. The molecule has 1 aliphatic rings. The molecule has 18 heavy (non-hydrogen) atoms. The number of carbonyl (C=O) groups is 1. The van der Waals surface area contributed by atoms with Crippen LogP contribution in [0.15, 0.2) is 42.5 Å². The molecule has 0 aliphatic carbocycles. The number of rotatable bonds is 2. The van der Waals surface area contributed by atoms with E-state index in [2.05, 4.69) is 6.07 Å². The van der Waals surface area contributed by atoms with Gasteiger partial charge in [-0.1, -0.05) is 42.5 Å². The first-order valence-corrected chi connectivity index (χ1v) is 5.78. The molecule has 0 saturated carbocycles. The second-order valence-electron chi connectivity index (χ2n) is 4.54. The van der Waals surface area contributed by atoms with Gasteiger partial charge in [-0.2, -0.15) is 5.26 Å². The zero-order chi connectivity index (χ0) is 12.6. The van der Waals surface area contributed by atoms with Gasteiger partial charge in [-0.05, 0) is 10.8 Å². The number of nitrogens with zero attached hydrogens (tertiary/aromatic N) is 1. The topological polar surface area (TPSA) is 50.1 Å². The van der Waals surface area contributed by atoms with E-state index >= 15 is 0 Å². The van der Waals surface area contributed by atoms with E-state index < -0.39 is 5.41 Å². The van der Waals surface area contributed by atoms with Gasteiger partial charge in [0.25, 0.3) is 0 Å². The lowest BCUT2D eigenvalue weighted by Crippen LogP contribution is -2.47. The predicted molar refractivity (Wildman–Crippen MR) is 67.1 cm³/mol. The molecular weight excluding hydrogens is 226 g/mol. The lowest BCUT2D eigenvalue weighted by molar-refractivity contribution is -0.0565. The van der Waals surface area contributed by atoms with Gasteiger partial charge < -0.3 is 4.74 Å². The van der Waals surface area contributed by atoms with Crippen molar-refractivity contribution >= 4 is 16.6 Å². The summed E-state index contributed by atoms with van der Waals surface area (Å²) >= 11 is 0. The van der Waals surface area contributed by atoms with Crippen LogP contribution in [-0.4, -0.2) is 19.0 Å². The minimum absolute atomic E-state index is 0.131. The van der Waals surface area contributed by atoms with Crippen LogP contribution in [0.2, 0.25) is 0 Å². The number of hydrogen-bond acceptors (Lipinski definition) is 3. The first-order valence-electron chi connectivity index (χ1n) is 5.78. The number of benzene rings is 2. The van der Waals surface area contributed by atoms with Crippen molar-refractivity contribution in [3.8, 4) is 6.07 Å². The summed E-state index contributed by atoms with van der Waals surface area (Å²) in [6.45, 7) is 0.400. The number of fused-ring (bicyclic) bond motifs is 1. The monoisotopic (exact) mass is 237 g/mol. The summed E-state index contributed by atoms with van der Waals surface area (Å²) in [5.41, 5.74) is -0.373. The van der Waals surface area contributed by atoms with E-state index in [9.17, 15) is 10.1 Å². The SMILES string of the molecule is N#CC1(C(=O)c2cccc3ccccc23)COC1. The summed E-state index contributed by atoms with van der Waals surface area (Å²) in [7, 11) is 0. The molecule has 0 unspecified atom stereocenters. The van der Waals surface area contributed by atoms with E-state index in [0.717, 1.165) is 10.8 Å². The molecule has 2 aromatic rings. The Kier molecular flexibility index (Phi) is 2.39. The second kappa shape index (κ2) is 3.94. The Morgan fingerprint density at radius 1 is 1.17 bits per heavy atom. The van der Waals surface area contributed by atoms with Crippen LogP contribution in [0.3, 0.4) is 0 Å². The first-order chi connectivity index (χ1) is 8.77.